The number of carbonyl (C=O) groups excluding carboxylic acids is 1. The van der Waals surface area contributed by atoms with Crippen LogP contribution < -0.4 is 20.9 Å². The zero-order valence-corrected chi connectivity index (χ0v) is 25.3. The van der Waals surface area contributed by atoms with E-state index in [2.05, 4.69) is 63.9 Å². The number of anilines is 2. The number of unbranched alkanes of at least 4 members (excludes halogenated alkanes) is 2. The molecule has 39 heavy (non-hydrogen) atoms. The summed E-state index contributed by atoms with van der Waals surface area (Å²) in [5.74, 6) is -0.0975. The van der Waals surface area contributed by atoms with Crippen LogP contribution in [0.15, 0.2) is 48.5 Å². The molecule has 0 aliphatic carbocycles. The molecular formula is C30H41Cl2N5OS. The van der Waals surface area contributed by atoms with Crippen LogP contribution in [-0.4, -0.2) is 61.2 Å². The Kier molecular flexibility index (Phi) is 13.4. The minimum atomic E-state index is -0.0975. The molecule has 1 heterocycles. The predicted octanol–water partition coefficient (Wildman–Crippen LogP) is 6.59. The maximum Gasteiger partial charge on any atom is 0.243 e. The van der Waals surface area contributed by atoms with E-state index >= 15 is 0 Å². The minimum Gasteiger partial charge on any atom is -0.372 e. The summed E-state index contributed by atoms with van der Waals surface area (Å²) in [6, 6.07) is 14.2. The van der Waals surface area contributed by atoms with Gasteiger partial charge in [-0.1, -0.05) is 35.7 Å². The van der Waals surface area contributed by atoms with Gasteiger partial charge in [0.15, 0.2) is 5.11 Å². The summed E-state index contributed by atoms with van der Waals surface area (Å²) in [5.41, 5.74) is 3.09. The summed E-state index contributed by atoms with van der Waals surface area (Å²) < 4.78 is 0. The van der Waals surface area contributed by atoms with Gasteiger partial charge in [0, 0.05) is 56.2 Å². The average molecular weight is 591 g/mol. The van der Waals surface area contributed by atoms with Crippen molar-refractivity contribution in [1.29, 1.82) is 0 Å². The van der Waals surface area contributed by atoms with Crippen LogP contribution >= 0.6 is 35.4 Å². The molecule has 6 nitrogen and oxygen atoms in total. The number of halogens is 2. The van der Waals surface area contributed by atoms with Crippen molar-refractivity contribution < 1.29 is 4.79 Å². The molecular weight excluding hydrogens is 549 g/mol. The predicted molar refractivity (Wildman–Crippen MR) is 171 cm³/mol. The van der Waals surface area contributed by atoms with Crippen LogP contribution in [0, 0.1) is 0 Å². The van der Waals surface area contributed by atoms with Crippen molar-refractivity contribution in [2.75, 3.05) is 49.5 Å². The number of nitrogens with zero attached hydrogens (tertiary/aromatic N) is 2. The van der Waals surface area contributed by atoms with E-state index < -0.39 is 0 Å². The van der Waals surface area contributed by atoms with Crippen LogP contribution in [0.2, 0.25) is 10.0 Å². The second-order valence-electron chi connectivity index (χ2n) is 9.79. The van der Waals surface area contributed by atoms with Gasteiger partial charge in [0.2, 0.25) is 5.91 Å². The summed E-state index contributed by atoms with van der Waals surface area (Å²) in [6.45, 7) is 10.3. The highest BCUT2D eigenvalue weighted by Crippen LogP contribution is 2.23. The molecule has 2 aromatic rings. The molecule has 0 spiro atoms. The molecule has 0 aromatic heterocycles. The fraction of sp³-hybridized carbons (Fsp3) is 0.467. The summed E-state index contributed by atoms with van der Waals surface area (Å²) in [5, 5.41) is 11.4. The van der Waals surface area contributed by atoms with Crippen LogP contribution in [0.3, 0.4) is 0 Å². The SMILES string of the molecule is CCN(CC)c1ccc(NC(=S)NC2CCN(CCCCCNC(=O)/C=C/c3ccc(Cl)c(Cl)c3)CC2)cc1. The lowest BCUT2D eigenvalue weighted by Crippen LogP contribution is -2.46. The van der Waals surface area contributed by atoms with Gasteiger partial charge in [0.25, 0.3) is 0 Å². The van der Waals surface area contributed by atoms with Crippen molar-refractivity contribution in [3.63, 3.8) is 0 Å². The normalized spacial score (nSPS) is 14.4. The lowest BCUT2D eigenvalue weighted by molar-refractivity contribution is -0.116. The second-order valence-corrected chi connectivity index (χ2v) is 11.0. The molecule has 1 amide bonds. The summed E-state index contributed by atoms with van der Waals surface area (Å²) in [4.78, 5) is 16.9. The number of hydrogen-bond acceptors (Lipinski definition) is 4. The van der Waals surface area contributed by atoms with Crippen LogP contribution in [0.5, 0.6) is 0 Å². The van der Waals surface area contributed by atoms with Crippen molar-refractivity contribution in [2.24, 2.45) is 0 Å². The van der Waals surface area contributed by atoms with Crippen molar-refractivity contribution in [3.8, 4) is 0 Å². The molecule has 9 heteroatoms. The molecule has 0 radical (unpaired) electrons. The first kappa shape index (κ1) is 31.2. The maximum absolute atomic E-state index is 12.0. The Morgan fingerprint density at radius 2 is 1.74 bits per heavy atom. The molecule has 1 fully saturated rings. The van der Waals surface area contributed by atoms with E-state index in [1.54, 1.807) is 18.2 Å². The van der Waals surface area contributed by atoms with E-state index in [1.165, 1.54) is 11.8 Å². The molecule has 3 rings (SSSR count). The molecule has 1 aliphatic heterocycles. The lowest BCUT2D eigenvalue weighted by atomic mass is 10.0. The Balaban J connectivity index is 1.23. The Bertz CT molecular complexity index is 1080. The van der Waals surface area contributed by atoms with Gasteiger partial charge in [-0.05, 0) is 106 Å². The van der Waals surface area contributed by atoms with Gasteiger partial charge in [-0.3, -0.25) is 4.79 Å². The number of thiocarbonyl (C=S) groups is 1. The van der Waals surface area contributed by atoms with Gasteiger partial charge >= 0.3 is 0 Å². The fourth-order valence-electron chi connectivity index (χ4n) is 4.69. The van der Waals surface area contributed by atoms with Gasteiger partial charge in [-0.25, -0.2) is 0 Å². The Labute approximate surface area is 249 Å². The molecule has 0 bridgehead atoms. The standard InChI is InChI=1S/C30H41Cl2N5OS/c1-3-37(4-2)26-12-10-24(11-13-26)34-30(39)35-25-16-20-36(21-17-25)19-7-5-6-18-33-29(38)15-9-23-8-14-27(31)28(32)22-23/h8-15,22,25H,3-7,16-21H2,1-2H3,(H,33,38)(H2,34,35,39)/b15-9+. The van der Waals surface area contributed by atoms with Gasteiger partial charge < -0.3 is 25.8 Å². The van der Waals surface area contributed by atoms with Crippen LogP contribution in [-0.2, 0) is 4.79 Å². The highest BCUT2D eigenvalue weighted by atomic mass is 35.5. The lowest BCUT2D eigenvalue weighted by Gasteiger charge is -2.33. The van der Waals surface area contributed by atoms with Crippen molar-refractivity contribution in [2.45, 2.75) is 52.0 Å². The Hall–Kier alpha value is -2.32. The first-order valence-electron chi connectivity index (χ1n) is 13.9. The third kappa shape index (κ3) is 11.0. The van der Waals surface area contributed by atoms with Crippen molar-refractivity contribution >= 4 is 63.9 Å². The highest BCUT2D eigenvalue weighted by molar-refractivity contribution is 7.80. The first-order chi connectivity index (χ1) is 18.9. The van der Waals surface area contributed by atoms with Crippen LogP contribution in [0.1, 0.15) is 51.5 Å². The summed E-state index contributed by atoms with van der Waals surface area (Å²) >= 11 is 17.5. The van der Waals surface area contributed by atoms with E-state index in [9.17, 15) is 4.79 Å². The number of carbonyl (C=O) groups is 1. The maximum atomic E-state index is 12.0. The van der Waals surface area contributed by atoms with E-state index in [0.29, 0.717) is 27.7 Å². The smallest absolute Gasteiger partial charge is 0.243 e. The van der Waals surface area contributed by atoms with E-state index in [1.807, 2.05) is 6.07 Å². The molecule has 0 atom stereocenters. The first-order valence-corrected chi connectivity index (χ1v) is 15.1. The minimum absolute atomic E-state index is 0.0975. The molecule has 212 valence electrons. The van der Waals surface area contributed by atoms with Crippen molar-refractivity contribution in [1.82, 2.24) is 15.5 Å². The van der Waals surface area contributed by atoms with Crippen molar-refractivity contribution in [3.05, 3.63) is 64.1 Å². The van der Waals surface area contributed by atoms with E-state index in [-0.39, 0.29) is 5.91 Å². The molecule has 1 saturated heterocycles. The Morgan fingerprint density at radius 1 is 1.03 bits per heavy atom. The molecule has 2 aromatic carbocycles. The van der Waals surface area contributed by atoms with Gasteiger partial charge in [-0.15, -0.1) is 0 Å². The third-order valence-corrected chi connectivity index (χ3v) is 7.96. The number of rotatable bonds is 13. The average Bonchev–Trinajstić information content (AvgIpc) is 2.93. The fourth-order valence-corrected chi connectivity index (χ4v) is 5.28. The topological polar surface area (TPSA) is 59.6 Å². The van der Waals surface area contributed by atoms with Crippen LogP contribution in [0.4, 0.5) is 11.4 Å². The number of likely N-dealkylation sites (tertiary alicyclic amines) is 1. The molecule has 1 aliphatic rings. The number of hydrogen-bond donors (Lipinski definition) is 3. The quantitative estimate of drug-likeness (QED) is 0.139. The summed E-state index contributed by atoms with van der Waals surface area (Å²) in [6.07, 6.45) is 8.64. The molecule has 0 unspecified atom stereocenters. The van der Waals surface area contributed by atoms with Gasteiger partial charge in [-0.2, -0.15) is 0 Å². The van der Waals surface area contributed by atoms with Crippen LogP contribution in [0.25, 0.3) is 6.08 Å². The highest BCUT2D eigenvalue weighted by Gasteiger charge is 2.19. The van der Waals surface area contributed by atoms with E-state index in [4.69, 9.17) is 35.4 Å². The zero-order chi connectivity index (χ0) is 28.0. The number of benzene rings is 2. The third-order valence-electron chi connectivity index (χ3n) is 7.00. The summed E-state index contributed by atoms with van der Waals surface area (Å²) in [7, 11) is 0. The molecule has 3 N–H and O–H groups in total. The monoisotopic (exact) mass is 589 g/mol. The number of nitrogens with one attached hydrogen (secondary N) is 3. The number of amides is 1. The second kappa shape index (κ2) is 16.7. The zero-order valence-electron chi connectivity index (χ0n) is 23.0. The van der Waals surface area contributed by atoms with Gasteiger partial charge in [0.05, 0.1) is 10.0 Å². The van der Waals surface area contributed by atoms with Gasteiger partial charge in [0.1, 0.15) is 0 Å². The van der Waals surface area contributed by atoms with E-state index in [0.717, 1.165) is 76.1 Å². The number of piperidine rings is 1. The Morgan fingerprint density at radius 3 is 2.41 bits per heavy atom. The largest absolute Gasteiger partial charge is 0.372 e. The molecule has 0 saturated carbocycles.